The summed E-state index contributed by atoms with van der Waals surface area (Å²) in [6, 6.07) is 0. The highest BCUT2D eigenvalue weighted by molar-refractivity contribution is 7.09. The lowest BCUT2D eigenvalue weighted by molar-refractivity contribution is 0.204. The van der Waals surface area contributed by atoms with Crippen LogP contribution in [0.2, 0.25) is 0 Å². The van der Waals surface area contributed by atoms with Crippen molar-refractivity contribution in [1.29, 1.82) is 0 Å². The van der Waals surface area contributed by atoms with Crippen molar-refractivity contribution in [2.24, 2.45) is 0 Å². The number of nitrogens with zero attached hydrogens (tertiary/aromatic N) is 5. The minimum absolute atomic E-state index is 0.502. The van der Waals surface area contributed by atoms with Crippen LogP contribution >= 0.6 is 11.3 Å². The maximum atomic E-state index is 4.62. The van der Waals surface area contributed by atoms with E-state index in [1.165, 1.54) is 10.6 Å². The molecule has 0 bridgehead atoms. The second kappa shape index (κ2) is 6.78. The van der Waals surface area contributed by atoms with Gasteiger partial charge in [-0.2, -0.15) is 0 Å². The Hall–Kier alpha value is -2.12. The van der Waals surface area contributed by atoms with Gasteiger partial charge < -0.3 is 4.98 Å². The van der Waals surface area contributed by atoms with E-state index in [0.29, 0.717) is 5.92 Å². The Morgan fingerprint density at radius 2 is 2.04 bits per heavy atom. The van der Waals surface area contributed by atoms with E-state index < -0.39 is 0 Å². The summed E-state index contributed by atoms with van der Waals surface area (Å²) in [5.41, 5.74) is 5.00. The van der Waals surface area contributed by atoms with Crippen molar-refractivity contribution in [3.05, 3.63) is 46.6 Å². The standard InChI is InChI=1S/C17H20N6S/c1-12-16(24-11-22-12)10-23-6-2-13(3-7-23)14-8-21-15(9-20-14)17-18-4-5-19-17/h4-5,8-9,11,13H,2-3,6-7,10H2,1H3,(H,18,19). The van der Waals surface area contributed by atoms with Gasteiger partial charge in [-0.25, -0.2) is 15.0 Å². The largest absolute Gasteiger partial charge is 0.343 e. The van der Waals surface area contributed by atoms with Gasteiger partial charge in [0.15, 0.2) is 5.82 Å². The van der Waals surface area contributed by atoms with E-state index in [9.17, 15) is 0 Å². The molecule has 24 heavy (non-hydrogen) atoms. The zero-order valence-corrected chi connectivity index (χ0v) is 14.5. The fraction of sp³-hybridized carbons (Fsp3) is 0.412. The van der Waals surface area contributed by atoms with Crippen LogP contribution in [-0.2, 0) is 6.54 Å². The molecule has 1 N–H and O–H groups in total. The maximum Gasteiger partial charge on any atom is 0.157 e. The Kier molecular flexibility index (Phi) is 4.36. The molecular formula is C17H20N6S. The summed E-state index contributed by atoms with van der Waals surface area (Å²) >= 11 is 1.76. The molecule has 124 valence electrons. The molecule has 3 aromatic heterocycles. The first-order valence-corrected chi connectivity index (χ1v) is 9.10. The number of aromatic amines is 1. The van der Waals surface area contributed by atoms with Gasteiger partial charge >= 0.3 is 0 Å². The first-order valence-electron chi connectivity index (χ1n) is 8.22. The molecule has 0 saturated carbocycles. The van der Waals surface area contributed by atoms with Gasteiger partial charge in [0.2, 0.25) is 0 Å². The third kappa shape index (κ3) is 3.22. The fourth-order valence-corrected chi connectivity index (χ4v) is 3.96. The first-order chi connectivity index (χ1) is 11.8. The van der Waals surface area contributed by atoms with E-state index in [4.69, 9.17) is 0 Å². The Morgan fingerprint density at radius 3 is 2.67 bits per heavy atom. The van der Waals surface area contributed by atoms with E-state index in [-0.39, 0.29) is 0 Å². The van der Waals surface area contributed by atoms with Crippen LogP contribution in [-0.4, -0.2) is 42.9 Å². The summed E-state index contributed by atoms with van der Waals surface area (Å²) in [4.78, 5) is 24.6. The van der Waals surface area contributed by atoms with Gasteiger partial charge in [-0.1, -0.05) is 0 Å². The van der Waals surface area contributed by atoms with Crippen LogP contribution in [0.15, 0.2) is 30.3 Å². The summed E-state index contributed by atoms with van der Waals surface area (Å²) in [5, 5.41) is 0. The molecule has 0 unspecified atom stereocenters. The molecule has 0 amide bonds. The topological polar surface area (TPSA) is 70.6 Å². The maximum absolute atomic E-state index is 4.62. The summed E-state index contributed by atoms with van der Waals surface area (Å²) in [6.07, 6.45) is 9.52. The van der Waals surface area contributed by atoms with Crippen molar-refractivity contribution in [2.75, 3.05) is 13.1 Å². The lowest BCUT2D eigenvalue weighted by atomic mass is 9.93. The average molecular weight is 340 g/mol. The highest BCUT2D eigenvalue weighted by Gasteiger charge is 2.22. The number of hydrogen-bond acceptors (Lipinski definition) is 6. The molecular weight excluding hydrogens is 320 g/mol. The second-order valence-corrected chi connectivity index (χ2v) is 7.11. The minimum Gasteiger partial charge on any atom is -0.343 e. The van der Waals surface area contributed by atoms with Crippen LogP contribution in [0.25, 0.3) is 11.5 Å². The smallest absolute Gasteiger partial charge is 0.157 e. The summed E-state index contributed by atoms with van der Waals surface area (Å²) in [6.45, 7) is 5.31. The van der Waals surface area contributed by atoms with Crippen LogP contribution < -0.4 is 0 Å². The monoisotopic (exact) mass is 340 g/mol. The summed E-state index contributed by atoms with van der Waals surface area (Å²) in [5.74, 6) is 1.27. The van der Waals surface area contributed by atoms with Crippen molar-refractivity contribution in [3.8, 4) is 11.5 Å². The number of H-pyrrole nitrogens is 1. The van der Waals surface area contributed by atoms with E-state index >= 15 is 0 Å². The Labute approximate surface area is 145 Å². The average Bonchev–Trinajstić information content (AvgIpc) is 3.29. The third-order valence-electron chi connectivity index (χ3n) is 4.63. The normalized spacial score (nSPS) is 16.5. The number of aromatic nitrogens is 5. The summed E-state index contributed by atoms with van der Waals surface area (Å²) in [7, 11) is 0. The molecule has 0 spiro atoms. The number of imidazole rings is 1. The molecule has 3 aromatic rings. The zero-order chi connectivity index (χ0) is 16.4. The molecule has 0 aromatic carbocycles. The Bertz CT molecular complexity index is 772. The van der Waals surface area contributed by atoms with Crippen molar-refractivity contribution in [3.63, 3.8) is 0 Å². The zero-order valence-electron chi connectivity index (χ0n) is 13.6. The highest BCUT2D eigenvalue weighted by Crippen LogP contribution is 2.28. The molecule has 1 saturated heterocycles. The van der Waals surface area contributed by atoms with Crippen LogP contribution in [0.3, 0.4) is 0 Å². The molecule has 4 heterocycles. The number of piperidine rings is 1. The van der Waals surface area contributed by atoms with E-state index in [1.807, 2.05) is 17.9 Å². The van der Waals surface area contributed by atoms with Crippen molar-refractivity contribution in [1.82, 2.24) is 29.8 Å². The predicted molar refractivity (Wildman–Crippen MR) is 93.7 cm³/mol. The van der Waals surface area contributed by atoms with Crippen LogP contribution in [0.1, 0.15) is 35.0 Å². The Balaban J connectivity index is 1.36. The van der Waals surface area contributed by atoms with Crippen molar-refractivity contribution < 1.29 is 0 Å². The highest BCUT2D eigenvalue weighted by atomic mass is 32.1. The number of rotatable bonds is 4. The van der Waals surface area contributed by atoms with Crippen LogP contribution in [0.4, 0.5) is 0 Å². The van der Waals surface area contributed by atoms with Crippen LogP contribution in [0, 0.1) is 6.92 Å². The lowest BCUT2D eigenvalue weighted by Crippen LogP contribution is -2.32. The van der Waals surface area contributed by atoms with Gasteiger partial charge in [0, 0.05) is 35.9 Å². The molecule has 4 rings (SSSR count). The third-order valence-corrected chi connectivity index (χ3v) is 5.55. The van der Waals surface area contributed by atoms with Crippen molar-refractivity contribution >= 4 is 11.3 Å². The second-order valence-electron chi connectivity index (χ2n) is 6.18. The minimum atomic E-state index is 0.502. The molecule has 1 aliphatic rings. The first kappa shape index (κ1) is 15.4. The van der Waals surface area contributed by atoms with Gasteiger partial charge in [0.1, 0.15) is 5.69 Å². The number of thiazole rings is 1. The number of nitrogens with one attached hydrogen (secondary N) is 1. The van der Waals surface area contributed by atoms with Gasteiger partial charge in [0.25, 0.3) is 0 Å². The number of aryl methyl sites for hydroxylation is 1. The molecule has 0 atom stereocenters. The molecule has 7 heteroatoms. The molecule has 0 radical (unpaired) electrons. The molecule has 0 aliphatic carbocycles. The Morgan fingerprint density at radius 1 is 1.17 bits per heavy atom. The van der Waals surface area contributed by atoms with Crippen LogP contribution in [0.5, 0.6) is 0 Å². The molecule has 1 fully saturated rings. The van der Waals surface area contributed by atoms with Gasteiger partial charge in [-0.05, 0) is 32.9 Å². The molecule has 6 nitrogen and oxygen atoms in total. The van der Waals surface area contributed by atoms with Gasteiger partial charge in [-0.15, -0.1) is 11.3 Å². The van der Waals surface area contributed by atoms with Gasteiger partial charge in [0.05, 0.1) is 23.1 Å². The fourth-order valence-electron chi connectivity index (χ4n) is 3.14. The number of hydrogen-bond donors (Lipinski definition) is 1. The number of likely N-dealkylation sites (tertiary alicyclic amines) is 1. The quantitative estimate of drug-likeness (QED) is 0.790. The van der Waals surface area contributed by atoms with Gasteiger partial charge in [-0.3, -0.25) is 9.88 Å². The lowest BCUT2D eigenvalue weighted by Gasteiger charge is -2.31. The van der Waals surface area contributed by atoms with E-state index in [2.05, 4.69) is 36.7 Å². The van der Waals surface area contributed by atoms with Crippen molar-refractivity contribution in [2.45, 2.75) is 32.2 Å². The molecule has 1 aliphatic heterocycles. The SMILES string of the molecule is Cc1ncsc1CN1CCC(c2cnc(-c3ncc[nH]3)cn2)CC1. The summed E-state index contributed by atoms with van der Waals surface area (Å²) < 4.78 is 0. The van der Waals surface area contributed by atoms with E-state index in [1.54, 1.807) is 23.7 Å². The van der Waals surface area contributed by atoms with E-state index in [0.717, 1.165) is 49.7 Å². The predicted octanol–water partition coefficient (Wildman–Crippen LogP) is 3.01.